The number of tetrazole rings is 1. The van der Waals surface area contributed by atoms with Crippen molar-refractivity contribution in [3.8, 4) is 0 Å². The standard InChI is InChI=1S/C11H13FN4O/c1-7-5-8(12)3-4-9(7)10(17)6-11-13-15-16(2)14-11/h3-5,10,17H,6H2,1-2H3. The number of halogens is 1. The summed E-state index contributed by atoms with van der Waals surface area (Å²) in [6, 6.07) is 4.30. The average molecular weight is 236 g/mol. The van der Waals surface area contributed by atoms with Gasteiger partial charge in [0.1, 0.15) is 5.82 Å². The number of hydrogen-bond acceptors (Lipinski definition) is 4. The van der Waals surface area contributed by atoms with Gasteiger partial charge in [-0.3, -0.25) is 0 Å². The molecule has 90 valence electrons. The molecule has 6 heteroatoms. The summed E-state index contributed by atoms with van der Waals surface area (Å²) < 4.78 is 12.9. The van der Waals surface area contributed by atoms with Crippen molar-refractivity contribution in [1.29, 1.82) is 0 Å². The van der Waals surface area contributed by atoms with E-state index >= 15 is 0 Å². The summed E-state index contributed by atoms with van der Waals surface area (Å²) in [6.45, 7) is 1.76. The molecule has 1 heterocycles. The second-order valence-electron chi connectivity index (χ2n) is 3.92. The largest absolute Gasteiger partial charge is 0.388 e. The topological polar surface area (TPSA) is 63.8 Å². The molecule has 17 heavy (non-hydrogen) atoms. The molecule has 0 fully saturated rings. The highest BCUT2D eigenvalue weighted by molar-refractivity contribution is 5.28. The van der Waals surface area contributed by atoms with E-state index in [1.807, 2.05) is 0 Å². The molecular formula is C11H13FN4O. The van der Waals surface area contributed by atoms with Crippen molar-refractivity contribution in [1.82, 2.24) is 20.2 Å². The lowest BCUT2D eigenvalue weighted by Crippen LogP contribution is -2.06. The van der Waals surface area contributed by atoms with Gasteiger partial charge in [0.25, 0.3) is 0 Å². The van der Waals surface area contributed by atoms with Crippen LogP contribution in [0, 0.1) is 12.7 Å². The van der Waals surface area contributed by atoms with E-state index in [0.717, 1.165) is 0 Å². The van der Waals surface area contributed by atoms with Gasteiger partial charge >= 0.3 is 0 Å². The molecule has 0 amide bonds. The Balaban J connectivity index is 2.17. The number of aryl methyl sites for hydroxylation is 2. The maximum absolute atomic E-state index is 12.9. The summed E-state index contributed by atoms with van der Waals surface area (Å²) >= 11 is 0. The Hall–Kier alpha value is -1.82. The van der Waals surface area contributed by atoms with E-state index in [1.54, 1.807) is 20.0 Å². The van der Waals surface area contributed by atoms with Crippen molar-refractivity contribution < 1.29 is 9.50 Å². The molecule has 1 aromatic heterocycles. The zero-order valence-electron chi connectivity index (χ0n) is 9.63. The van der Waals surface area contributed by atoms with Crippen LogP contribution in [0.2, 0.25) is 0 Å². The number of aliphatic hydroxyl groups excluding tert-OH is 1. The Morgan fingerprint density at radius 2 is 2.24 bits per heavy atom. The smallest absolute Gasteiger partial charge is 0.177 e. The Morgan fingerprint density at radius 1 is 1.47 bits per heavy atom. The maximum Gasteiger partial charge on any atom is 0.177 e. The van der Waals surface area contributed by atoms with Crippen LogP contribution in [0.25, 0.3) is 0 Å². The van der Waals surface area contributed by atoms with Gasteiger partial charge in [0.05, 0.1) is 13.2 Å². The highest BCUT2D eigenvalue weighted by atomic mass is 19.1. The molecule has 0 spiro atoms. The lowest BCUT2D eigenvalue weighted by Gasteiger charge is -2.11. The number of benzene rings is 1. The van der Waals surface area contributed by atoms with Crippen LogP contribution in [-0.2, 0) is 13.5 Å². The second-order valence-corrected chi connectivity index (χ2v) is 3.92. The fraction of sp³-hybridized carbons (Fsp3) is 0.364. The van der Waals surface area contributed by atoms with Crippen LogP contribution in [0.1, 0.15) is 23.1 Å². The average Bonchev–Trinajstić information content (AvgIpc) is 2.63. The first-order chi connectivity index (χ1) is 8.06. The van der Waals surface area contributed by atoms with E-state index in [4.69, 9.17) is 0 Å². The minimum atomic E-state index is -0.750. The van der Waals surface area contributed by atoms with E-state index < -0.39 is 6.10 Å². The van der Waals surface area contributed by atoms with Gasteiger partial charge in [-0.25, -0.2) is 4.39 Å². The van der Waals surface area contributed by atoms with Crippen molar-refractivity contribution in [2.45, 2.75) is 19.4 Å². The van der Waals surface area contributed by atoms with Crippen LogP contribution in [0.4, 0.5) is 4.39 Å². The number of nitrogens with zero attached hydrogens (tertiary/aromatic N) is 4. The van der Waals surface area contributed by atoms with E-state index in [1.165, 1.54) is 16.9 Å². The van der Waals surface area contributed by atoms with Crippen LogP contribution in [0.3, 0.4) is 0 Å². The van der Waals surface area contributed by atoms with Gasteiger partial charge in [-0.1, -0.05) is 6.07 Å². The first-order valence-corrected chi connectivity index (χ1v) is 5.23. The second kappa shape index (κ2) is 4.58. The van der Waals surface area contributed by atoms with Crippen molar-refractivity contribution >= 4 is 0 Å². The molecule has 0 radical (unpaired) electrons. The molecule has 1 atom stereocenters. The fourth-order valence-electron chi connectivity index (χ4n) is 1.70. The Kier molecular flexibility index (Phi) is 3.14. The summed E-state index contributed by atoms with van der Waals surface area (Å²) in [5.74, 6) is 0.153. The molecule has 0 aliphatic carbocycles. The molecule has 1 N–H and O–H groups in total. The van der Waals surface area contributed by atoms with Gasteiger partial charge in [0.15, 0.2) is 5.82 Å². The van der Waals surface area contributed by atoms with E-state index in [0.29, 0.717) is 17.0 Å². The van der Waals surface area contributed by atoms with Crippen molar-refractivity contribution in [2.24, 2.45) is 7.05 Å². The fourth-order valence-corrected chi connectivity index (χ4v) is 1.70. The maximum atomic E-state index is 12.9. The third-order valence-corrected chi connectivity index (χ3v) is 2.52. The summed E-state index contributed by atoms with van der Waals surface area (Å²) in [5.41, 5.74) is 1.39. The minimum absolute atomic E-state index is 0.264. The lowest BCUT2D eigenvalue weighted by molar-refractivity contribution is 0.175. The molecule has 2 aromatic rings. The molecule has 0 aliphatic heterocycles. The first-order valence-electron chi connectivity index (χ1n) is 5.23. The zero-order valence-corrected chi connectivity index (χ0v) is 9.63. The van der Waals surface area contributed by atoms with Gasteiger partial charge in [-0.2, -0.15) is 4.80 Å². The predicted octanol–water partition coefficient (Wildman–Crippen LogP) is 0.934. The van der Waals surface area contributed by atoms with Gasteiger partial charge in [-0.15, -0.1) is 10.2 Å². The molecule has 1 aromatic carbocycles. The SMILES string of the molecule is Cc1cc(F)ccc1C(O)Cc1nnn(C)n1. The van der Waals surface area contributed by atoms with Gasteiger partial charge in [0, 0.05) is 6.42 Å². The van der Waals surface area contributed by atoms with E-state index in [9.17, 15) is 9.50 Å². The van der Waals surface area contributed by atoms with Crippen molar-refractivity contribution in [3.05, 3.63) is 41.0 Å². The zero-order chi connectivity index (χ0) is 12.4. The summed E-state index contributed by atoms with van der Waals surface area (Å²) in [7, 11) is 1.66. The Morgan fingerprint density at radius 3 is 2.82 bits per heavy atom. The van der Waals surface area contributed by atoms with Crippen LogP contribution in [0.5, 0.6) is 0 Å². The number of hydrogen-bond donors (Lipinski definition) is 1. The predicted molar refractivity (Wildman–Crippen MR) is 58.6 cm³/mol. The molecule has 0 aliphatic rings. The number of aromatic nitrogens is 4. The lowest BCUT2D eigenvalue weighted by atomic mass is 10.0. The highest BCUT2D eigenvalue weighted by Gasteiger charge is 2.14. The Labute approximate surface area is 97.9 Å². The Bertz CT molecular complexity index is 526. The van der Waals surface area contributed by atoms with Crippen LogP contribution < -0.4 is 0 Å². The summed E-state index contributed by atoms with van der Waals surface area (Å²) in [4.78, 5) is 1.33. The van der Waals surface area contributed by atoms with E-state index in [-0.39, 0.29) is 12.2 Å². The molecular weight excluding hydrogens is 223 g/mol. The number of aliphatic hydroxyl groups is 1. The molecule has 5 nitrogen and oxygen atoms in total. The normalized spacial score (nSPS) is 12.7. The molecule has 2 rings (SSSR count). The van der Waals surface area contributed by atoms with Crippen LogP contribution in [0.15, 0.2) is 18.2 Å². The van der Waals surface area contributed by atoms with Gasteiger partial charge in [0.2, 0.25) is 0 Å². The molecule has 0 bridgehead atoms. The van der Waals surface area contributed by atoms with Gasteiger partial charge in [-0.05, 0) is 35.4 Å². The molecule has 1 unspecified atom stereocenters. The molecule has 0 saturated heterocycles. The third kappa shape index (κ3) is 2.65. The van der Waals surface area contributed by atoms with E-state index in [2.05, 4.69) is 15.4 Å². The monoisotopic (exact) mass is 236 g/mol. The minimum Gasteiger partial charge on any atom is -0.388 e. The number of rotatable bonds is 3. The quantitative estimate of drug-likeness (QED) is 0.861. The van der Waals surface area contributed by atoms with Crippen molar-refractivity contribution in [3.63, 3.8) is 0 Å². The third-order valence-electron chi connectivity index (χ3n) is 2.52. The summed E-state index contributed by atoms with van der Waals surface area (Å²) in [5, 5.41) is 21.5. The molecule has 0 saturated carbocycles. The van der Waals surface area contributed by atoms with Crippen LogP contribution in [-0.4, -0.2) is 25.3 Å². The summed E-state index contributed by atoms with van der Waals surface area (Å²) in [6.07, 6.45) is -0.486. The van der Waals surface area contributed by atoms with Crippen molar-refractivity contribution in [2.75, 3.05) is 0 Å². The highest BCUT2D eigenvalue weighted by Crippen LogP contribution is 2.20. The van der Waals surface area contributed by atoms with Gasteiger partial charge < -0.3 is 5.11 Å². The van der Waals surface area contributed by atoms with Crippen LogP contribution >= 0.6 is 0 Å². The first kappa shape index (κ1) is 11.7.